The number of hydrogen-bond acceptors (Lipinski definition) is 4. The van der Waals surface area contributed by atoms with E-state index in [4.69, 9.17) is 4.74 Å². The number of aromatic nitrogens is 1. The average molecular weight is 331 g/mol. The average Bonchev–Trinajstić information content (AvgIpc) is 2.82. The second-order valence-electron chi connectivity index (χ2n) is 5.60. The predicted octanol–water partition coefficient (Wildman–Crippen LogP) is 3.40. The van der Waals surface area contributed by atoms with Crippen LogP contribution >= 0.6 is 0 Å². The topological polar surface area (TPSA) is 76.2 Å². The largest absolute Gasteiger partial charge is 0.450 e. The maximum Gasteiger partial charge on any atom is 0.355 e. The van der Waals surface area contributed by atoms with E-state index in [0.29, 0.717) is 16.8 Å². The lowest BCUT2D eigenvalue weighted by Gasteiger charge is -2.12. The number of halogens is 1. The van der Waals surface area contributed by atoms with E-state index in [1.165, 1.54) is 38.1 Å². The number of carbonyl (C=O) groups is 3. The Labute approximate surface area is 138 Å². The van der Waals surface area contributed by atoms with Gasteiger partial charge in [-0.2, -0.15) is 0 Å². The van der Waals surface area contributed by atoms with Gasteiger partial charge in [-0.1, -0.05) is 0 Å². The molecule has 0 spiro atoms. The molecule has 0 saturated carbocycles. The van der Waals surface area contributed by atoms with Crippen LogP contribution in [0.4, 0.5) is 4.39 Å². The van der Waals surface area contributed by atoms with Crippen LogP contribution in [0.15, 0.2) is 24.3 Å². The van der Waals surface area contributed by atoms with Crippen molar-refractivity contribution in [3.05, 3.63) is 58.2 Å². The number of ether oxygens (including phenoxy) is 1. The first kappa shape index (κ1) is 17.6. The highest BCUT2D eigenvalue weighted by Crippen LogP contribution is 2.20. The second-order valence-corrected chi connectivity index (χ2v) is 5.60. The molecule has 1 aromatic carbocycles. The van der Waals surface area contributed by atoms with E-state index in [2.05, 4.69) is 4.98 Å². The molecule has 6 heteroatoms. The van der Waals surface area contributed by atoms with Crippen molar-refractivity contribution in [2.45, 2.75) is 33.8 Å². The number of ketones is 2. The molecule has 2 aromatic rings. The Kier molecular flexibility index (Phi) is 4.97. The fourth-order valence-corrected chi connectivity index (χ4v) is 2.60. The number of esters is 1. The number of benzene rings is 1. The van der Waals surface area contributed by atoms with Crippen LogP contribution in [0.3, 0.4) is 0 Å². The van der Waals surface area contributed by atoms with Crippen LogP contribution in [-0.2, 0) is 4.74 Å². The van der Waals surface area contributed by atoms with Crippen molar-refractivity contribution < 1.29 is 23.5 Å². The van der Waals surface area contributed by atoms with Gasteiger partial charge >= 0.3 is 5.97 Å². The van der Waals surface area contributed by atoms with Gasteiger partial charge in [0.15, 0.2) is 11.9 Å². The van der Waals surface area contributed by atoms with Gasteiger partial charge in [0.2, 0.25) is 5.78 Å². The van der Waals surface area contributed by atoms with Crippen LogP contribution in [0.5, 0.6) is 0 Å². The molecule has 126 valence electrons. The standard InChI is InChI=1S/C18H18FNO4/c1-9-15(11(3)21)10(2)20-16(9)18(23)24-12(4)17(22)13-5-7-14(19)8-6-13/h5-8,12,20H,1-4H3/t12-/m0/s1. The van der Waals surface area contributed by atoms with E-state index in [1.807, 2.05) is 0 Å². The number of aromatic amines is 1. The van der Waals surface area contributed by atoms with Gasteiger partial charge in [-0.05, 0) is 57.5 Å². The van der Waals surface area contributed by atoms with Crippen molar-refractivity contribution in [2.24, 2.45) is 0 Å². The molecule has 0 aliphatic heterocycles. The lowest BCUT2D eigenvalue weighted by atomic mass is 10.1. The Morgan fingerprint density at radius 2 is 1.71 bits per heavy atom. The van der Waals surface area contributed by atoms with E-state index in [9.17, 15) is 18.8 Å². The molecule has 1 N–H and O–H groups in total. The number of Topliss-reactive ketones (excluding diaryl/α,β-unsaturated/α-hetero) is 2. The molecule has 1 atom stereocenters. The third-order valence-electron chi connectivity index (χ3n) is 3.78. The van der Waals surface area contributed by atoms with E-state index >= 15 is 0 Å². The predicted molar refractivity (Wildman–Crippen MR) is 85.9 cm³/mol. The van der Waals surface area contributed by atoms with Crippen LogP contribution in [0, 0.1) is 19.7 Å². The molecule has 0 radical (unpaired) electrons. The maximum atomic E-state index is 12.9. The molecule has 2 rings (SSSR count). The summed E-state index contributed by atoms with van der Waals surface area (Å²) in [4.78, 5) is 38.9. The summed E-state index contributed by atoms with van der Waals surface area (Å²) in [5, 5.41) is 0. The minimum atomic E-state index is -1.04. The van der Waals surface area contributed by atoms with Crippen LogP contribution in [-0.4, -0.2) is 28.6 Å². The Hall–Kier alpha value is -2.76. The minimum Gasteiger partial charge on any atom is -0.450 e. The normalized spacial score (nSPS) is 11.9. The zero-order valence-corrected chi connectivity index (χ0v) is 13.9. The van der Waals surface area contributed by atoms with Gasteiger partial charge in [0.05, 0.1) is 0 Å². The first-order chi connectivity index (χ1) is 11.2. The smallest absolute Gasteiger partial charge is 0.355 e. The highest BCUT2D eigenvalue weighted by Gasteiger charge is 2.25. The number of H-pyrrole nitrogens is 1. The Bertz CT molecular complexity index is 805. The quantitative estimate of drug-likeness (QED) is 0.673. The monoisotopic (exact) mass is 331 g/mol. The fraction of sp³-hybridized carbons (Fsp3) is 0.278. The molecule has 1 heterocycles. The van der Waals surface area contributed by atoms with Crippen LogP contribution < -0.4 is 0 Å². The van der Waals surface area contributed by atoms with Crippen molar-refractivity contribution in [1.82, 2.24) is 4.98 Å². The first-order valence-corrected chi connectivity index (χ1v) is 7.43. The third-order valence-corrected chi connectivity index (χ3v) is 3.78. The second kappa shape index (κ2) is 6.78. The zero-order chi connectivity index (χ0) is 18.0. The molecule has 0 aliphatic carbocycles. The van der Waals surface area contributed by atoms with Gasteiger partial charge in [0.25, 0.3) is 0 Å². The van der Waals surface area contributed by atoms with Crippen LogP contribution in [0.2, 0.25) is 0 Å². The van der Waals surface area contributed by atoms with Crippen molar-refractivity contribution >= 4 is 17.5 Å². The molecule has 0 unspecified atom stereocenters. The molecule has 0 amide bonds. The van der Waals surface area contributed by atoms with E-state index in [1.54, 1.807) is 13.8 Å². The van der Waals surface area contributed by atoms with E-state index in [0.717, 1.165) is 0 Å². The number of carbonyl (C=O) groups excluding carboxylic acids is 3. The molecule has 0 aliphatic rings. The summed E-state index contributed by atoms with van der Waals surface area (Å²) in [7, 11) is 0. The minimum absolute atomic E-state index is 0.149. The number of aryl methyl sites for hydroxylation is 1. The molecule has 0 saturated heterocycles. The van der Waals surface area contributed by atoms with E-state index < -0.39 is 23.7 Å². The zero-order valence-electron chi connectivity index (χ0n) is 13.9. The molecular formula is C18H18FNO4. The van der Waals surface area contributed by atoms with Crippen molar-refractivity contribution in [2.75, 3.05) is 0 Å². The SMILES string of the molecule is CC(=O)c1c(C)[nH]c(C(=O)O[C@@H](C)C(=O)c2ccc(F)cc2)c1C. The maximum absolute atomic E-state index is 12.9. The summed E-state index contributed by atoms with van der Waals surface area (Å²) in [6.45, 7) is 6.19. The number of rotatable bonds is 5. The highest BCUT2D eigenvalue weighted by atomic mass is 19.1. The molecular weight excluding hydrogens is 313 g/mol. The first-order valence-electron chi connectivity index (χ1n) is 7.43. The van der Waals surface area contributed by atoms with E-state index in [-0.39, 0.29) is 17.0 Å². The lowest BCUT2D eigenvalue weighted by molar-refractivity contribution is 0.0313. The van der Waals surface area contributed by atoms with Crippen molar-refractivity contribution in [3.63, 3.8) is 0 Å². The summed E-state index contributed by atoms with van der Waals surface area (Å²) < 4.78 is 18.1. The van der Waals surface area contributed by atoms with Gasteiger partial charge < -0.3 is 9.72 Å². The third kappa shape index (κ3) is 3.42. The fourth-order valence-electron chi connectivity index (χ4n) is 2.60. The molecule has 24 heavy (non-hydrogen) atoms. The van der Waals surface area contributed by atoms with Crippen molar-refractivity contribution in [3.8, 4) is 0 Å². The Morgan fingerprint density at radius 3 is 2.21 bits per heavy atom. The van der Waals surface area contributed by atoms with Crippen molar-refractivity contribution in [1.29, 1.82) is 0 Å². The summed E-state index contributed by atoms with van der Waals surface area (Å²) in [6.07, 6.45) is -1.04. The Balaban J connectivity index is 2.17. The summed E-state index contributed by atoms with van der Waals surface area (Å²) in [5.74, 6) is -1.76. The van der Waals surface area contributed by atoms with Crippen LogP contribution in [0.25, 0.3) is 0 Å². The highest BCUT2D eigenvalue weighted by molar-refractivity contribution is 6.03. The molecule has 0 bridgehead atoms. The van der Waals surface area contributed by atoms with Gasteiger partial charge in [-0.15, -0.1) is 0 Å². The van der Waals surface area contributed by atoms with Crippen LogP contribution in [0.1, 0.15) is 56.3 Å². The summed E-state index contributed by atoms with van der Waals surface area (Å²) >= 11 is 0. The van der Waals surface area contributed by atoms with Gasteiger partial charge in [0.1, 0.15) is 11.5 Å². The summed E-state index contributed by atoms with van der Waals surface area (Å²) in [6, 6.07) is 5.00. The lowest BCUT2D eigenvalue weighted by Crippen LogP contribution is -2.25. The van der Waals surface area contributed by atoms with Gasteiger partial charge in [0, 0.05) is 16.8 Å². The molecule has 5 nitrogen and oxygen atoms in total. The van der Waals surface area contributed by atoms with Gasteiger partial charge in [-0.25, -0.2) is 9.18 Å². The van der Waals surface area contributed by atoms with Gasteiger partial charge in [-0.3, -0.25) is 9.59 Å². The molecule has 1 aromatic heterocycles. The summed E-state index contributed by atoms with van der Waals surface area (Å²) in [5.41, 5.74) is 1.91. The number of nitrogens with one attached hydrogen (secondary N) is 1. The Morgan fingerprint density at radius 1 is 1.12 bits per heavy atom. The number of hydrogen-bond donors (Lipinski definition) is 1. The molecule has 0 fully saturated rings.